The van der Waals surface area contributed by atoms with Gasteiger partial charge in [-0.1, -0.05) is 19.9 Å². The summed E-state index contributed by atoms with van der Waals surface area (Å²) in [4.78, 5) is 11.0. The fourth-order valence-corrected chi connectivity index (χ4v) is 3.33. The first kappa shape index (κ1) is 14.0. The maximum absolute atomic E-state index is 13.3. The van der Waals surface area contributed by atoms with Gasteiger partial charge in [-0.15, -0.1) is 0 Å². The molecule has 2 atom stereocenters. The third-order valence-electron chi connectivity index (χ3n) is 3.97. The summed E-state index contributed by atoms with van der Waals surface area (Å²) in [6.45, 7) is 3.91. The molecule has 0 aromatic heterocycles. The normalized spacial score (nSPS) is 26.3. The molecule has 1 aromatic carbocycles. The molecular weight excluding hydrogens is 247 g/mol. The number of hydrogen-bond donors (Lipinski definition) is 2. The van der Waals surface area contributed by atoms with Crippen LogP contribution in [-0.2, 0) is 11.2 Å². The summed E-state index contributed by atoms with van der Waals surface area (Å²) in [6, 6.07) is 4.55. The van der Waals surface area contributed by atoms with Crippen LogP contribution in [0.3, 0.4) is 0 Å². The molecule has 0 fully saturated rings. The van der Waals surface area contributed by atoms with Crippen molar-refractivity contribution in [2.75, 3.05) is 0 Å². The average molecular weight is 266 g/mol. The molecule has 19 heavy (non-hydrogen) atoms. The van der Waals surface area contributed by atoms with Crippen LogP contribution in [0.25, 0.3) is 0 Å². The lowest BCUT2D eigenvalue weighted by atomic mass is 9.66. The van der Waals surface area contributed by atoms with Gasteiger partial charge in [-0.05, 0) is 42.0 Å². The maximum atomic E-state index is 13.3. The van der Waals surface area contributed by atoms with E-state index in [1.54, 1.807) is 6.07 Å². The Labute approximate surface area is 112 Å². The Morgan fingerprint density at radius 2 is 2.21 bits per heavy atom. The van der Waals surface area contributed by atoms with E-state index in [9.17, 15) is 14.3 Å². The number of carboxylic acid groups (broad SMARTS) is 1. The molecule has 0 saturated heterocycles. The molecule has 2 unspecified atom stereocenters. The minimum atomic E-state index is -1.25. The van der Waals surface area contributed by atoms with Crippen LogP contribution in [0.15, 0.2) is 18.2 Å². The summed E-state index contributed by atoms with van der Waals surface area (Å²) in [5.41, 5.74) is 0.519. The highest BCUT2D eigenvalue weighted by atomic mass is 19.1. The van der Waals surface area contributed by atoms with Gasteiger partial charge in [0.1, 0.15) is 5.82 Å². The van der Waals surface area contributed by atoms with Crippen LogP contribution in [-0.4, -0.2) is 21.8 Å². The van der Waals surface area contributed by atoms with Gasteiger partial charge in [0, 0.05) is 5.92 Å². The number of rotatable bonds is 3. The molecule has 0 heterocycles. The molecule has 3 nitrogen and oxygen atoms in total. The van der Waals surface area contributed by atoms with Crippen molar-refractivity contribution in [2.24, 2.45) is 5.92 Å². The first-order chi connectivity index (χ1) is 8.83. The second kappa shape index (κ2) is 4.93. The van der Waals surface area contributed by atoms with E-state index in [4.69, 9.17) is 5.11 Å². The number of carbonyl (C=O) groups is 1. The van der Waals surface area contributed by atoms with E-state index in [1.807, 2.05) is 13.8 Å². The molecule has 2 N–H and O–H groups in total. The average Bonchev–Trinajstić information content (AvgIpc) is 2.27. The maximum Gasteiger partial charge on any atom is 0.306 e. The Morgan fingerprint density at radius 3 is 2.79 bits per heavy atom. The Bertz CT molecular complexity index is 498. The van der Waals surface area contributed by atoms with E-state index in [0.717, 1.165) is 11.1 Å². The van der Waals surface area contributed by atoms with E-state index >= 15 is 0 Å². The number of aliphatic hydroxyl groups is 1. The number of hydrogen-bond acceptors (Lipinski definition) is 2. The summed E-state index contributed by atoms with van der Waals surface area (Å²) < 4.78 is 13.3. The molecule has 4 heteroatoms. The van der Waals surface area contributed by atoms with E-state index in [-0.39, 0.29) is 24.1 Å². The van der Waals surface area contributed by atoms with Crippen molar-refractivity contribution in [3.8, 4) is 0 Å². The molecule has 1 aromatic rings. The fourth-order valence-electron chi connectivity index (χ4n) is 3.33. The predicted octanol–water partition coefficient (Wildman–Crippen LogP) is 2.72. The molecular formula is C15H19FO3. The Morgan fingerprint density at radius 1 is 1.53 bits per heavy atom. The number of benzene rings is 1. The van der Waals surface area contributed by atoms with Crippen molar-refractivity contribution < 1.29 is 19.4 Å². The van der Waals surface area contributed by atoms with E-state index < -0.39 is 11.6 Å². The zero-order valence-electron chi connectivity index (χ0n) is 11.2. The standard InChI is InChI=1S/C15H19FO3/c1-9(2)14-12-4-3-11(16)7-10(12)5-6-15(14,19)8-13(17)18/h3-4,7,9,14,19H,5-6,8H2,1-2H3,(H,17,18). The summed E-state index contributed by atoms with van der Waals surface area (Å²) in [5.74, 6) is -1.47. The van der Waals surface area contributed by atoms with E-state index in [2.05, 4.69) is 0 Å². The Hall–Kier alpha value is -1.42. The van der Waals surface area contributed by atoms with Crippen LogP contribution in [0.5, 0.6) is 0 Å². The van der Waals surface area contributed by atoms with Crippen LogP contribution in [0.4, 0.5) is 4.39 Å². The zero-order chi connectivity index (χ0) is 14.2. The monoisotopic (exact) mass is 266 g/mol. The van der Waals surface area contributed by atoms with Crippen molar-refractivity contribution in [3.63, 3.8) is 0 Å². The highest BCUT2D eigenvalue weighted by molar-refractivity contribution is 5.68. The minimum Gasteiger partial charge on any atom is -0.481 e. The van der Waals surface area contributed by atoms with Crippen LogP contribution in [0, 0.1) is 11.7 Å². The van der Waals surface area contributed by atoms with Gasteiger partial charge in [0.05, 0.1) is 12.0 Å². The van der Waals surface area contributed by atoms with Gasteiger partial charge in [0.15, 0.2) is 0 Å². The van der Waals surface area contributed by atoms with E-state index in [0.29, 0.717) is 12.8 Å². The SMILES string of the molecule is CC(C)C1c2ccc(F)cc2CCC1(O)CC(=O)O. The van der Waals surface area contributed by atoms with Crippen molar-refractivity contribution >= 4 is 5.97 Å². The number of fused-ring (bicyclic) bond motifs is 1. The first-order valence-electron chi connectivity index (χ1n) is 6.56. The van der Waals surface area contributed by atoms with Crippen molar-refractivity contribution in [3.05, 3.63) is 35.1 Å². The molecule has 0 bridgehead atoms. The molecule has 0 amide bonds. The number of carboxylic acids is 1. The number of halogens is 1. The Kier molecular flexibility index (Phi) is 3.63. The lowest BCUT2D eigenvalue weighted by Gasteiger charge is -2.42. The second-order valence-electron chi connectivity index (χ2n) is 5.74. The Balaban J connectivity index is 2.46. The predicted molar refractivity (Wildman–Crippen MR) is 69.5 cm³/mol. The van der Waals surface area contributed by atoms with Crippen LogP contribution < -0.4 is 0 Å². The first-order valence-corrected chi connectivity index (χ1v) is 6.56. The van der Waals surface area contributed by atoms with Crippen LogP contribution >= 0.6 is 0 Å². The molecule has 0 radical (unpaired) electrons. The van der Waals surface area contributed by atoms with Crippen molar-refractivity contribution in [1.82, 2.24) is 0 Å². The summed E-state index contributed by atoms with van der Waals surface area (Å²) in [6.07, 6.45) is 0.603. The molecule has 0 saturated carbocycles. The second-order valence-corrected chi connectivity index (χ2v) is 5.74. The fraction of sp³-hybridized carbons (Fsp3) is 0.533. The van der Waals surface area contributed by atoms with Crippen LogP contribution in [0.2, 0.25) is 0 Å². The third kappa shape index (κ3) is 2.63. The van der Waals surface area contributed by atoms with Crippen LogP contribution in [0.1, 0.15) is 43.7 Å². The van der Waals surface area contributed by atoms with Gasteiger partial charge in [-0.2, -0.15) is 0 Å². The quantitative estimate of drug-likeness (QED) is 0.884. The number of aryl methyl sites for hydroxylation is 1. The van der Waals surface area contributed by atoms with Gasteiger partial charge in [0.2, 0.25) is 0 Å². The van der Waals surface area contributed by atoms with Gasteiger partial charge in [0.25, 0.3) is 0 Å². The molecule has 2 rings (SSSR count). The van der Waals surface area contributed by atoms with Crippen molar-refractivity contribution in [2.45, 2.75) is 44.6 Å². The van der Waals surface area contributed by atoms with E-state index in [1.165, 1.54) is 12.1 Å². The summed E-state index contributed by atoms with van der Waals surface area (Å²) in [5, 5.41) is 19.7. The molecule has 1 aliphatic rings. The van der Waals surface area contributed by atoms with Gasteiger partial charge >= 0.3 is 5.97 Å². The third-order valence-corrected chi connectivity index (χ3v) is 3.97. The molecule has 0 aliphatic heterocycles. The highest BCUT2D eigenvalue weighted by Gasteiger charge is 2.44. The molecule has 0 spiro atoms. The summed E-state index contributed by atoms with van der Waals surface area (Å²) in [7, 11) is 0. The largest absolute Gasteiger partial charge is 0.481 e. The highest BCUT2D eigenvalue weighted by Crippen LogP contribution is 2.45. The summed E-state index contributed by atoms with van der Waals surface area (Å²) >= 11 is 0. The topological polar surface area (TPSA) is 57.5 Å². The lowest BCUT2D eigenvalue weighted by Crippen LogP contribution is -2.44. The minimum absolute atomic E-state index is 0.0915. The van der Waals surface area contributed by atoms with Gasteiger partial charge in [-0.25, -0.2) is 4.39 Å². The zero-order valence-corrected chi connectivity index (χ0v) is 11.2. The van der Waals surface area contributed by atoms with Crippen molar-refractivity contribution in [1.29, 1.82) is 0 Å². The van der Waals surface area contributed by atoms with Gasteiger partial charge in [-0.3, -0.25) is 4.79 Å². The molecule has 1 aliphatic carbocycles. The smallest absolute Gasteiger partial charge is 0.306 e. The van der Waals surface area contributed by atoms with Gasteiger partial charge < -0.3 is 10.2 Å². The lowest BCUT2D eigenvalue weighted by molar-refractivity contribution is -0.145. The molecule has 104 valence electrons. The number of aliphatic carboxylic acids is 1.